The minimum atomic E-state index is -3.81. The molecule has 0 amide bonds. The number of pyridine rings is 1. The molecule has 0 saturated carbocycles. The number of rotatable bonds is 6. The molecule has 1 aromatic rings. The SMILES string of the molecule is CSCC(C)(O)CNS(=O)(=O)c1cc(Br)cnc1Cl. The number of aromatic nitrogens is 1. The quantitative estimate of drug-likeness (QED) is 0.726. The minimum absolute atomic E-state index is 0.0982. The monoisotopic (exact) mass is 388 g/mol. The van der Waals surface area contributed by atoms with E-state index in [1.165, 1.54) is 24.0 Å². The second-order valence-electron chi connectivity index (χ2n) is 4.20. The van der Waals surface area contributed by atoms with Gasteiger partial charge in [0.05, 0.1) is 5.60 Å². The Morgan fingerprint density at radius 2 is 2.26 bits per heavy atom. The highest BCUT2D eigenvalue weighted by Gasteiger charge is 2.25. The molecule has 5 nitrogen and oxygen atoms in total. The number of aliphatic hydroxyl groups is 1. The number of hydrogen-bond acceptors (Lipinski definition) is 5. The van der Waals surface area contributed by atoms with E-state index in [2.05, 4.69) is 25.6 Å². The van der Waals surface area contributed by atoms with Crippen molar-refractivity contribution in [1.29, 1.82) is 0 Å². The highest BCUT2D eigenvalue weighted by Crippen LogP contribution is 2.22. The van der Waals surface area contributed by atoms with Gasteiger partial charge < -0.3 is 5.11 Å². The Bertz CT molecular complexity index is 552. The molecule has 0 bridgehead atoms. The van der Waals surface area contributed by atoms with Crippen LogP contribution in [0.3, 0.4) is 0 Å². The molecule has 0 aliphatic rings. The summed E-state index contributed by atoms with van der Waals surface area (Å²) in [5.74, 6) is 0.417. The molecule has 0 aliphatic heterocycles. The Balaban J connectivity index is 2.90. The Labute approximate surface area is 130 Å². The van der Waals surface area contributed by atoms with Crippen LogP contribution in [0.15, 0.2) is 21.6 Å². The number of nitrogens with one attached hydrogen (secondary N) is 1. The van der Waals surface area contributed by atoms with E-state index >= 15 is 0 Å². The van der Waals surface area contributed by atoms with Crippen molar-refractivity contribution >= 4 is 49.3 Å². The van der Waals surface area contributed by atoms with Crippen LogP contribution in [-0.4, -0.2) is 42.7 Å². The molecule has 0 aliphatic carbocycles. The lowest BCUT2D eigenvalue weighted by molar-refractivity contribution is 0.0908. The second-order valence-corrected chi connectivity index (χ2v) is 8.07. The van der Waals surface area contributed by atoms with Crippen LogP contribution in [0.5, 0.6) is 0 Å². The molecule has 0 fully saturated rings. The van der Waals surface area contributed by atoms with Crippen LogP contribution in [0.25, 0.3) is 0 Å². The zero-order valence-corrected chi connectivity index (χ0v) is 14.3. The zero-order valence-electron chi connectivity index (χ0n) is 10.4. The number of hydrogen-bond donors (Lipinski definition) is 2. The van der Waals surface area contributed by atoms with E-state index in [0.29, 0.717) is 10.2 Å². The van der Waals surface area contributed by atoms with Gasteiger partial charge in [-0.25, -0.2) is 18.1 Å². The summed E-state index contributed by atoms with van der Waals surface area (Å²) in [6, 6.07) is 1.36. The molecule has 1 aromatic heterocycles. The van der Waals surface area contributed by atoms with Crippen LogP contribution >= 0.6 is 39.3 Å². The summed E-state index contributed by atoms with van der Waals surface area (Å²) < 4.78 is 27.0. The molecule has 1 unspecified atom stereocenters. The summed E-state index contributed by atoms with van der Waals surface area (Å²) in [5, 5.41) is 9.83. The van der Waals surface area contributed by atoms with Gasteiger partial charge in [-0.2, -0.15) is 11.8 Å². The van der Waals surface area contributed by atoms with Crippen LogP contribution in [0.1, 0.15) is 6.92 Å². The summed E-state index contributed by atoms with van der Waals surface area (Å²) in [7, 11) is -3.81. The number of nitrogens with zero attached hydrogens (tertiary/aromatic N) is 1. The van der Waals surface area contributed by atoms with E-state index in [0.717, 1.165) is 0 Å². The molecule has 108 valence electrons. The van der Waals surface area contributed by atoms with E-state index < -0.39 is 15.6 Å². The standard InChI is InChI=1S/C10H14BrClN2O3S2/c1-10(15,6-18-2)5-14-19(16,17)8-3-7(11)4-13-9(8)12/h3-4,14-15H,5-6H2,1-2H3. The van der Waals surface area contributed by atoms with E-state index in [4.69, 9.17) is 11.6 Å². The highest BCUT2D eigenvalue weighted by molar-refractivity contribution is 9.10. The number of halogens is 2. The van der Waals surface area contributed by atoms with Gasteiger partial charge in [-0.05, 0) is 35.2 Å². The topological polar surface area (TPSA) is 79.3 Å². The normalized spacial score (nSPS) is 15.2. The maximum absolute atomic E-state index is 12.1. The van der Waals surface area contributed by atoms with Crippen LogP contribution in [0, 0.1) is 0 Å². The molecular weight excluding hydrogens is 376 g/mol. The number of thioether (sulfide) groups is 1. The predicted molar refractivity (Wildman–Crippen MR) is 81.1 cm³/mol. The van der Waals surface area contributed by atoms with Crippen LogP contribution in [0.2, 0.25) is 5.15 Å². The van der Waals surface area contributed by atoms with Crippen molar-refractivity contribution in [2.24, 2.45) is 0 Å². The van der Waals surface area contributed by atoms with Gasteiger partial charge in [0.25, 0.3) is 0 Å². The number of sulfonamides is 1. The lowest BCUT2D eigenvalue weighted by Gasteiger charge is -2.22. The average Bonchev–Trinajstić information content (AvgIpc) is 2.30. The Morgan fingerprint density at radius 3 is 2.84 bits per heavy atom. The third-order valence-corrected chi connectivity index (χ3v) is 5.33. The summed E-state index contributed by atoms with van der Waals surface area (Å²) in [4.78, 5) is 3.64. The van der Waals surface area contributed by atoms with Crippen LogP contribution in [0.4, 0.5) is 0 Å². The van der Waals surface area contributed by atoms with Gasteiger partial charge in [0.1, 0.15) is 10.0 Å². The lowest BCUT2D eigenvalue weighted by Crippen LogP contribution is -2.42. The van der Waals surface area contributed by atoms with Crippen molar-refractivity contribution in [3.63, 3.8) is 0 Å². The smallest absolute Gasteiger partial charge is 0.243 e. The largest absolute Gasteiger partial charge is 0.388 e. The predicted octanol–water partition coefficient (Wildman–Crippen LogP) is 1.89. The minimum Gasteiger partial charge on any atom is -0.388 e. The van der Waals surface area contributed by atoms with Crippen molar-refractivity contribution in [3.8, 4) is 0 Å². The van der Waals surface area contributed by atoms with Gasteiger partial charge in [-0.1, -0.05) is 11.6 Å². The molecule has 0 spiro atoms. The first-order valence-corrected chi connectivity index (χ1v) is 9.25. The lowest BCUT2D eigenvalue weighted by atomic mass is 10.1. The van der Waals surface area contributed by atoms with Crippen LogP contribution < -0.4 is 4.72 Å². The van der Waals surface area contributed by atoms with Gasteiger partial charge in [0, 0.05) is 23.0 Å². The van der Waals surface area contributed by atoms with Crippen molar-refractivity contribution in [2.45, 2.75) is 17.4 Å². The summed E-state index contributed by atoms with van der Waals surface area (Å²) >= 11 is 10.3. The van der Waals surface area contributed by atoms with E-state index in [1.54, 1.807) is 6.92 Å². The van der Waals surface area contributed by atoms with E-state index in [9.17, 15) is 13.5 Å². The summed E-state index contributed by atoms with van der Waals surface area (Å²) in [6.45, 7) is 1.46. The van der Waals surface area contributed by atoms with Crippen molar-refractivity contribution < 1.29 is 13.5 Å². The highest BCUT2D eigenvalue weighted by atomic mass is 79.9. The molecule has 2 N–H and O–H groups in total. The molecular formula is C10H14BrClN2O3S2. The van der Waals surface area contributed by atoms with Crippen LogP contribution in [-0.2, 0) is 10.0 Å². The first kappa shape index (κ1) is 17.2. The fourth-order valence-corrected chi connectivity index (χ4v) is 4.11. The third-order valence-electron chi connectivity index (χ3n) is 2.16. The maximum atomic E-state index is 12.1. The molecule has 0 radical (unpaired) electrons. The zero-order chi connectivity index (χ0) is 14.7. The first-order valence-electron chi connectivity index (χ1n) is 5.20. The van der Waals surface area contributed by atoms with Gasteiger partial charge in [0.2, 0.25) is 10.0 Å². The van der Waals surface area contributed by atoms with Gasteiger partial charge >= 0.3 is 0 Å². The fraction of sp³-hybridized carbons (Fsp3) is 0.500. The molecule has 0 aromatic carbocycles. The van der Waals surface area contributed by atoms with Crippen molar-refractivity contribution in [1.82, 2.24) is 9.71 Å². The van der Waals surface area contributed by atoms with Gasteiger partial charge in [0.15, 0.2) is 0 Å². The maximum Gasteiger partial charge on any atom is 0.243 e. The average molecular weight is 390 g/mol. The first-order chi connectivity index (χ1) is 8.68. The fourth-order valence-electron chi connectivity index (χ4n) is 1.28. The Kier molecular flexibility index (Phi) is 6.09. The molecule has 0 saturated heterocycles. The van der Waals surface area contributed by atoms with E-state index in [1.807, 2.05) is 6.26 Å². The molecule has 1 atom stereocenters. The second kappa shape index (κ2) is 6.73. The molecule has 9 heteroatoms. The van der Waals surface area contributed by atoms with Crippen molar-refractivity contribution in [3.05, 3.63) is 21.9 Å². The third kappa shape index (κ3) is 5.20. The van der Waals surface area contributed by atoms with Gasteiger partial charge in [-0.3, -0.25) is 0 Å². The molecule has 1 rings (SSSR count). The van der Waals surface area contributed by atoms with Crippen molar-refractivity contribution in [2.75, 3.05) is 18.6 Å². The Hall–Kier alpha value is 0.140. The van der Waals surface area contributed by atoms with Gasteiger partial charge in [-0.15, -0.1) is 0 Å². The molecule has 19 heavy (non-hydrogen) atoms. The summed E-state index contributed by atoms with van der Waals surface area (Å²) in [5.41, 5.74) is -1.13. The molecule has 1 heterocycles. The Morgan fingerprint density at radius 1 is 1.63 bits per heavy atom. The van der Waals surface area contributed by atoms with E-state index in [-0.39, 0.29) is 16.6 Å². The summed E-state index contributed by atoms with van der Waals surface area (Å²) in [6.07, 6.45) is 3.24.